The first-order valence-corrected chi connectivity index (χ1v) is 6.66. The van der Waals surface area contributed by atoms with E-state index in [1.54, 1.807) is 11.8 Å². The maximum absolute atomic E-state index is 5.73. The van der Waals surface area contributed by atoms with Crippen molar-refractivity contribution in [3.8, 4) is 5.88 Å². The van der Waals surface area contributed by atoms with Crippen LogP contribution in [-0.4, -0.2) is 17.8 Å². The molecule has 2 rings (SSSR count). The van der Waals surface area contributed by atoms with Crippen molar-refractivity contribution in [1.29, 1.82) is 0 Å². The first kappa shape index (κ1) is 10.8. The molecule has 1 aromatic heterocycles. The minimum atomic E-state index is 0.808. The van der Waals surface area contributed by atoms with E-state index in [0.717, 1.165) is 18.4 Å². The van der Waals surface area contributed by atoms with E-state index in [-0.39, 0.29) is 0 Å². The predicted octanol–water partition coefficient (Wildman–Crippen LogP) is 3.29. The molecule has 0 amide bonds. The van der Waals surface area contributed by atoms with Crippen LogP contribution in [0.2, 0.25) is 0 Å². The van der Waals surface area contributed by atoms with Crippen molar-refractivity contribution >= 4 is 11.8 Å². The van der Waals surface area contributed by atoms with Gasteiger partial charge in [0.1, 0.15) is 0 Å². The molecule has 1 saturated carbocycles. The molecule has 1 aliphatic carbocycles. The summed E-state index contributed by atoms with van der Waals surface area (Å²) in [6.07, 6.45) is 7.85. The molecule has 2 nitrogen and oxygen atoms in total. The van der Waals surface area contributed by atoms with E-state index < -0.39 is 0 Å². The van der Waals surface area contributed by atoms with Crippen molar-refractivity contribution in [3.05, 3.63) is 17.8 Å². The molecule has 0 aromatic carbocycles. The van der Waals surface area contributed by atoms with Crippen LogP contribution in [0.3, 0.4) is 0 Å². The molecule has 82 valence electrons. The minimum Gasteiger partial charge on any atom is -0.477 e. The van der Waals surface area contributed by atoms with Gasteiger partial charge in [-0.2, -0.15) is 0 Å². The summed E-state index contributed by atoms with van der Waals surface area (Å²) in [6, 6.07) is 2.03. The second kappa shape index (κ2) is 4.88. The van der Waals surface area contributed by atoms with Crippen LogP contribution >= 0.6 is 11.8 Å². The lowest BCUT2D eigenvalue weighted by molar-refractivity contribution is 0.284. The molecule has 15 heavy (non-hydrogen) atoms. The molecule has 1 heterocycles. The third-order valence-corrected chi connectivity index (χ3v) is 3.64. The average molecular weight is 223 g/mol. The van der Waals surface area contributed by atoms with E-state index in [2.05, 4.69) is 18.2 Å². The number of hydrogen-bond donors (Lipinski definition) is 0. The van der Waals surface area contributed by atoms with Crippen LogP contribution in [0.15, 0.2) is 17.2 Å². The van der Waals surface area contributed by atoms with Gasteiger partial charge in [-0.05, 0) is 37.1 Å². The Morgan fingerprint density at radius 1 is 1.53 bits per heavy atom. The van der Waals surface area contributed by atoms with Gasteiger partial charge < -0.3 is 4.74 Å². The molecule has 0 aliphatic heterocycles. The maximum atomic E-state index is 5.73. The normalized spacial score (nSPS) is 15.3. The third kappa shape index (κ3) is 2.88. The zero-order valence-electron chi connectivity index (χ0n) is 9.32. The fourth-order valence-corrected chi connectivity index (χ4v) is 2.28. The van der Waals surface area contributed by atoms with Crippen LogP contribution in [0.4, 0.5) is 0 Å². The minimum absolute atomic E-state index is 0.808. The van der Waals surface area contributed by atoms with Crippen LogP contribution in [0, 0.1) is 12.8 Å². The number of nitrogens with zero attached hydrogens (tertiary/aromatic N) is 1. The van der Waals surface area contributed by atoms with Gasteiger partial charge in [-0.25, -0.2) is 4.98 Å². The number of aryl methyl sites for hydroxylation is 1. The van der Waals surface area contributed by atoms with E-state index in [0.29, 0.717) is 0 Å². The second-order valence-electron chi connectivity index (χ2n) is 4.05. The molecular weight excluding hydrogens is 206 g/mol. The zero-order valence-corrected chi connectivity index (χ0v) is 10.1. The topological polar surface area (TPSA) is 22.1 Å². The van der Waals surface area contributed by atoms with Crippen LogP contribution in [0.5, 0.6) is 5.88 Å². The molecule has 0 saturated heterocycles. The Morgan fingerprint density at radius 3 is 3.00 bits per heavy atom. The van der Waals surface area contributed by atoms with Gasteiger partial charge in [0.05, 0.1) is 11.5 Å². The highest BCUT2D eigenvalue weighted by Gasteiger charge is 2.21. The van der Waals surface area contributed by atoms with Gasteiger partial charge in [-0.15, -0.1) is 11.8 Å². The summed E-state index contributed by atoms with van der Waals surface area (Å²) in [5.41, 5.74) is 1.25. The monoisotopic (exact) mass is 223 g/mol. The zero-order chi connectivity index (χ0) is 10.7. The molecule has 0 spiro atoms. The molecule has 3 heteroatoms. The highest BCUT2D eigenvalue weighted by Crippen LogP contribution is 2.33. The van der Waals surface area contributed by atoms with Crippen LogP contribution in [-0.2, 0) is 0 Å². The standard InChI is InChI=1S/C12H17NOS/c1-9-5-7-13-12(11(9)15-2)14-8-6-10-3-4-10/h5,7,10H,3-4,6,8H2,1-2H3. The molecule has 0 atom stereocenters. The van der Waals surface area contributed by atoms with E-state index in [9.17, 15) is 0 Å². The average Bonchev–Trinajstić information content (AvgIpc) is 3.02. The number of rotatable bonds is 5. The number of hydrogen-bond acceptors (Lipinski definition) is 3. The largest absolute Gasteiger partial charge is 0.477 e. The summed E-state index contributed by atoms with van der Waals surface area (Å²) in [5, 5.41) is 0. The van der Waals surface area contributed by atoms with E-state index in [1.807, 2.05) is 12.3 Å². The van der Waals surface area contributed by atoms with Gasteiger partial charge in [0.15, 0.2) is 0 Å². The SMILES string of the molecule is CSc1c(C)ccnc1OCCC1CC1. The van der Waals surface area contributed by atoms with Crippen LogP contribution < -0.4 is 4.74 Å². The molecular formula is C12H17NOS. The Kier molecular flexibility index (Phi) is 3.52. The fourth-order valence-electron chi connectivity index (χ4n) is 1.60. The van der Waals surface area contributed by atoms with Crippen molar-refractivity contribution < 1.29 is 4.74 Å². The van der Waals surface area contributed by atoms with Crippen LogP contribution in [0.25, 0.3) is 0 Å². The summed E-state index contributed by atoms with van der Waals surface area (Å²) in [7, 11) is 0. The van der Waals surface area contributed by atoms with Crippen molar-refractivity contribution in [2.24, 2.45) is 5.92 Å². The highest BCUT2D eigenvalue weighted by molar-refractivity contribution is 7.98. The molecule has 0 N–H and O–H groups in total. The Bertz CT molecular complexity index is 336. The lowest BCUT2D eigenvalue weighted by atomic mass is 10.3. The summed E-state index contributed by atoms with van der Waals surface area (Å²) < 4.78 is 5.73. The lowest BCUT2D eigenvalue weighted by Gasteiger charge is -2.10. The first-order valence-electron chi connectivity index (χ1n) is 5.43. The van der Waals surface area contributed by atoms with E-state index in [1.165, 1.54) is 29.7 Å². The van der Waals surface area contributed by atoms with Gasteiger partial charge in [-0.3, -0.25) is 0 Å². The van der Waals surface area contributed by atoms with Crippen molar-refractivity contribution in [3.63, 3.8) is 0 Å². The lowest BCUT2D eigenvalue weighted by Crippen LogP contribution is -2.01. The van der Waals surface area contributed by atoms with Crippen molar-refractivity contribution in [2.75, 3.05) is 12.9 Å². The van der Waals surface area contributed by atoms with E-state index >= 15 is 0 Å². The fraction of sp³-hybridized carbons (Fsp3) is 0.583. The molecule has 1 aromatic rings. The van der Waals surface area contributed by atoms with Gasteiger partial charge in [-0.1, -0.05) is 12.8 Å². The third-order valence-electron chi connectivity index (χ3n) is 2.73. The summed E-state index contributed by atoms with van der Waals surface area (Å²) >= 11 is 1.71. The maximum Gasteiger partial charge on any atom is 0.227 e. The highest BCUT2D eigenvalue weighted by atomic mass is 32.2. The second-order valence-corrected chi connectivity index (χ2v) is 4.86. The van der Waals surface area contributed by atoms with Gasteiger partial charge in [0.25, 0.3) is 0 Å². The van der Waals surface area contributed by atoms with Gasteiger partial charge >= 0.3 is 0 Å². The molecule has 0 radical (unpaired) electrons. The number of pyridine rings is 1. The van der Waals surface area contributed by atoms with Crippen LogP contribution in [0.1, 0.15) is 24.8 Å². The van der Waals surface area contributed by atoms with Crippen molar-refractivity contribution in [2.45, 2.75) is 31.1 Å². The van der Waals surface area contributed by atoms with Crippen molar-refractivity contribution in [1.82, 2.24) is 4.98 Å². The summed E-state index contributed by atoms with van der Waals surface area (Å²) in [4.78, 5) is 5.46. The number of thioether (sulfide) groups is 1. The molecule has 1 aliphatic rings. The van der Waals surface area contributed by atoms with Gasteiger partial charge in [0.2, 0.25) is 5.88 Å². The van der Waals surface area contributed by atoms with Gasteiger partial charge in [0, 0.05) is 6.20 Å². The Morgan fingerprint density at radius 2 is 2.33 bits per heavy atom. The molecule has 0 unspecified atom stereocenters. The Labute approximate surface area is 95.4 Å². The molecule has 0 bridgehead atoms. The number of ether oxygens (including phenoxy) is 1. The molecule has 1 fully saturated rings. The Balaban J connectivity index is 1.95. The smallest absolute Gasteiger partial charge is 0.227 e. The summed E-state index contributed by atoms with van der Waals surface area (Å²) in [5.74, 6) is 1.73. The van der Waals surface area contributed by atoms with E-state index in [4.69, 9.17) is 4.74 Å². The predicted molar refractivity (Wildman–Crippen MR) is 63.6 cm³/mol. The summed E-state index contributed by atoms with van der Waals surface area (Å²) in [6.45, 7) is 2.91. The Hall–Kier alpha value is -0.700. The quantitative estimate of drug-likeness (QED) is 0.715. The number of aromatic nitrogens is 1. The first-order chi connectivity index (χ1) is 7.31.